The minimum atomic E-state index is -0.181. The fraction of sp³-hybridized carbons (Fsp3) is 0.103. The maximum absolute atomic E-state index is 4.37. The van der Waals surface area contributed by atoms with Gasteiger partial charge in [-0.15, -0.1) is 0 Å². The summed E-state index contributed by atoms with van der Waals surface area (Å²) in [6.07, 6.45) is 12.4. The van der Waals surface area contributed by atoms with Gasteiger partial charge in [0.2, 0.25) is 0 Å². The van der Waals surface area contributed by atoms with Gasteiger partial charge in [0.05, 0.1) is 22.1 Å². The molecule has 156 valence electrons. The first kappa shape index (κ1) is 17.4. The SMILES string of the molecule is CC(C)(c1cn2c3ccncc3c3cccc1c32)c1cn2c3ccncc3c3cccc1c32. The first-order chi connectivity index (χ1) is 16.1. The molecule has 0 saturated carbocycles. The molecule has 0 bridgehead atoms. The van der Waals surface area contributed by atoms with Crippen LogP contribution >= 0.6 is 0 Å². The average Bonchev–Trinajstić information content (AvgIpc) is 3.59. The summed E-state index contributed by atoms with van der Waals surface area (Å²) in [7, 11) is 0. The molecule has 0 amide bonds. The van der Waals surface area contributed by atoms with E-state index in [-0.39, 0.29) is 5.41 Å². The van der Waals surface area contributed by atoms with Gasteiger partial charge in [-0.2, -0.15) is 0 Å². The van der Waals surface area contributed by atoms with Crippen LogP contribution in [0.3, 0.4) is 0 Å². The number of hydrogen-bond donors (Lipinski definition) is 0. The van der Waals surface area contributed by atoms with Gasteiger partial charge in [-0.25, -0.2) is 0 Å². The van der Waals surface area contributed by atoms with E-state index in [1.165, 1.54) is 65.5 Å². The molecule has 0 radical (unpaired) electrons. The first-order valence-electron chi connectivity index (χ1n) is 11.3. The summed E-state index contributed by atoms with van der Waals surface area (Å²) in [5, 5.41) is 7.58. The van der Waals surface area contributed by atoms with Crippen LogP contribution in [0.5, 0.6) is 0 Å². The highest BCUT2D eigenvalue weighted by atomic mass is 14.9. The quantitative estimate of drug-likeness (QED) is 0.306. The molecule has 0 aliphatic heterocycles. The Morgan fingerprint density at radius 3 is 1.52 bits per heavy atom. The Hall–Kier alpha value is -4.18. The van der Waals surface area contributed by atoms with Gasteiger partial charge in [0.25, 0.3) is 0 Å². The standard InChI is InChI=1S/C29H20N4/c1-29(2,23-15-32-25-9-11-30-13-21(25)17-5-3-7-19(23)27(17)32)24-16-33-26-10-12-31-14-22(26)18-6-4-8-20(24)28(18)33/h3-16H,1-2H3. The molecular formula is C29H20N4. The summed E-state index contributed by atoms with van der Waals surface area (Å²) in [5.41, 5.74) is 7.52. The minimum absolute atomic E-state index is 0.181. The van der Waals surface area contributed by atoms with Crippen LogP contribution < -0.4 is 0 Å². The Bertz CT molecular complexity index is 1860. The van der Waals surface area contributed by atoms with Gasteiger partial charge in [-0.3, -0.25) is 9.97 Å². The van der Waals surface area contributed by atoms with Crippen molar-refractivity contribution in [1.29, 1.82) is 0 Å². The predicted molar refractivity (Wildman–Crippen MR) is 135 cm³/mol. The molecule has 6 aromatic heterocycles. The summed E-state index contributed by atoms with van der Waals surface area (Å²) >= 11 is 0. The molecule has 8 rings (SSSR count). The zero-order chi connectivity index (χ0) is 21.9. The van der Waals surface area contributed by atoms with E-state index in [4.69, 9.17) is 0 Å². The van der Waals surface area contributed by atoms with Crippen LogP contribution in [0.25, 0.3) is 54.4 Å². The van der Waals surface area contributed by atoms with E-state index in [1.807, 2.05) is 24.8 Å². The smallest absolute Gasteiger partial charge is 0.0611 e. The predicted octanol–water partition coefficient (Wildman–Crippen LogP) is 6.80. The maximum atomic E-state index is 4.37. The van der Waals surface area contributed by atoms with Crippen LogP contribution in [0, 0.1) is 0 Å². The fourth-order valence-electron chi connectivity index (χ4n) is 6.13. The van der Waals surface area contributed by atoms with Crippen LogP contribution in [0.15, 0.2) is 85.7 Å². The summed E-state index contributed by atoms with van der Waals surface area (Å²) in [6.45, 7) is 4.71. The molecule has 0 unspecified atom stereocenters. The minimum Gasteiger partial charge on any atom is -0.315 e. The summed E-state index contributed by atoms with van der Waals surface area (Å²) in [4.78, 5) is 8.75. The van der Waals surface area contributed by atoms with Gasteiger partial charge in [0, 0.05) is 74.9 Å². The number of para-hydroxylation sites is 2. The van der Waals surface area contributed by atoms with Crippen molar-refractivity contribution >= 4 is 54.4 Å². The maximum Gasteiger partial charge on any atom is 0.0611 e. The molecule has 4 nitrogen and oxygen atoms in total. The van der Waals surface area contributed by atoms with Gasteiger partial charge < -0.3 is 8.80 Å². The Kier molecular flexibility index (Phi) is 2.95. The average molecular weight is 425 g/mol. The molecule has 8 aromatic rings. The molecule has 33 heavy (non-hydrogen) atoms. The third kappa shape index (κ3) is 1.94. The summed E-state index contributed by atoms with van der Waals surface area (Å²) in [5.74, 6) is 0. The van der Waals surface area contributed by atoms with Crippen LogP contribution in [0.4, 0.5) is 0 Å². The van der Waals surface area contributed by atoms with Crippen LogP contribution in [-0.2, 0) is 5.41 Å². The van der Waals surface area contributed by atoms with Crippen molar-refractivity contribution in [2.24, 2.45) is 0 Å². The van der Waals surface area contributed by atoms with Crippen molar-refractivity contribution in [2.75, 3.05) is 0 Å². The van der Waals surface area contributed by atoms with E-state index in [1.54, 1.807) is 0 Å². The lowest BCUT2D eigenvalue weighted by Gasteiger charge is -2.24. The molecule has 2 aromatic carbocycles. The normalized spacial score (nSPS) is 13.2. The molecule has 0 aliphatic rings. The van der Waals surface area contributed by atoms with Crippen molar-refractivity contribution in [3.63, 3.8) is 0 Å². The lowest BCUT2D eigenvalue weighted by molar-refractivity contribution is 0.651. The highest BCUT2D eigenvalue weighted by Crippen LogP contribution is 2.45. The molecule has 4 heteroatoms. The van der Waals surface area contributed by atoms with E-state index in [9.17, 15) is 0 Å². The Balaban J connectivity index is 1.48. The van der Waals surface area contributed by atoms with E-state index >= 15 is 0 Å². The number of rotatable bonds is 2. The molecule has 0 saturated heterocycles. The Morgan fingerprint density at radius 2 is 1.03 bits per heavy atom. The number of fused-ring (bicyclic) bond motifs is 6. The third-order valence-corrected chi connectivity index (χ3v) is 7.69. The largest absolute Gasteiger partial charge is 0.315 e. The Morgan fingerprint density at radius 1 is 0.576 bits per heavy atom. The van der Waals surface area contributed by atoms with Gasteiger partial charge in [0.15, 0.2) is 0 Å². The zero-order valence-electron chi connectivity index (χ0n) is 18.4. The monoisotopic (exact) mass is 424 g/mol. The first-order valence-corrected chi connectivity index (χ1v) is 11.3. The number of pyridine rings is 2. The van der Waals surface area contributed by atoms with Gasteiger partial charge in [-0.05, 0) is 23.3 Å². The number of nitrogens with zero attached hydrogens (tertiary/aromatic N) is 4. The molecule has 0 spiro atoms. The summed E-state index contributed by atoms with van der Waals surface area (Å²) < 4.78 is 4.71. The topological polar surface area (TPSA) is 34.6 Å². The second kappa shape index (κ2) is 5.59. The van der Waals surface area contributed by atoms with E-state index in [2.05, 4.69) is 93.5 Å². The second-order valence-corrected chi connectivity index (χ2v) is 9.64. The highest BCUT2D eigenvalue weighted by molar-refractivity contribution is 6.16. The Labute approximate surface area is 189 Å². The lowest BCUT2D eigenvalue weighted by atomic mass is 9.77. The molecule has 0 fully saturated rings. The molecule has 0 atom stereocenters. The van der Waals surface area contributed by atoms with Crippen molar-refractivity contribution in [2.45, 2.75) is 19.3 Å². The number of hydrogen-bond acceptors (Lipinski definition) is 2. The van der Waals surface area contributed by atoms with E-state index < -0.39 is 0 Å². The summed E-state index contributed by atoms with van der Waals surface area (Å²) in [6, 6.07) is 17.6. The fourth-order valence-corrected chi connectivity index (χ4v) is 6.13. The van der Waals surface area contributed by atoms with E-state index in [0.29, 0.717) is 0 Å². The van der Waals surface area contributed by atoms with Crippen LogP contribution in [0.1, 0.15) is 25.0 Å². The number of benzene rings is 2. The molecule has 0 N–H and O–H groups in total. The van der Waals surface area contributed by atoms with Crippen molar-refractivity contribution in [1.82, 2.24) is 18.8 Å². The van der Waals surface area contributed by atoms with Gasteiger partial charge in [-0.1, -0.05) is 50.2 Å². The van der Waals surface area contributed by atoms with Crippen molar-refractivity contribution in [3.8, 4) is 0 Å². The molecule has 0 aliphatic carbocycles. The third-order valence-electron chi connectivity index (χ3n) is 7.69. The van der Waals surface area contributed by atoms with Crippen LogP contribution in [-0.4, -0.2) is 18.8 Å². The zero-order valence-corrected chi connectivity index (χ0v) is 18.4. The second-order valence-electron chi connectivity index (χ2n) is 9.64. The number of aromatic nitrogens is 4. The lowest BCUT2D eigenvalue weighted by Crippen LogP contribution is -2.18. The molecule has 6 heterocycles. The van der Waals surface area contributed by atoms with Crippen LogP contribution in [0.2, 0.25) is 0 Å². The molecular weight excluding hydrogens is 404 g/mol. The van der Waals surface area contributed by atoms with Gasteiger partial charge >= 0.3 is 0 Å². The van der Waals surface area contributed by atoms with Gasteiger partial charge in [0.1, 0.15) is 0 Å². The van der Waals surface area contributed by atoms with Crippen molar-refractivity contribution in [3.05, 3.63) is 96.8 Å². The van der Waals surface area contributed by atoms with Crippen molar-refractivity contribution < 1.29 is 0 Å². The highest BCUT2D eigenvalue weighted by Gasteiger charge is 2.32. The van der Waals surface area contributed by atoms with E-state index in [0.717, 1.165) is 0 Å².